The Morgan fingerprint density at radius 2 is 1.91 bits per heavy atom. The third-order valence-corrected chi connectivity index (χ3v) is 4.28. The van der Waals surface area contributed by atoms with Crippen LogP contribution >= 0.6 is 0 Å². The number of hydrogen-bond donors (Lipinski definition) is 3. The maximum absolute atomic E-state index is 11.8. The summed E-state index contributed by atoms with van der Waals surface area (Å²) in [6, 6.07) is 7.86. The number of amides is 3. The molecule has 0 spiro atoms. The quantitative estimate of drug-likeness (QED) is 0.598. The number of nitrogens with zero attached hydrogens (tertiary/aromatic N) is 1. The summed E-state index contributed by atoms with van der Waals surface area (Å²) in [6.07, 6.45) is -1.73. The zero-order chi connectivity index (χ0) is 16.3. The highest BCUT2D eigenvalue weighted by atomic mass is 32.2. The van der Waals surface area contributed by atoms with Crippen molar-refractivity contribution in [1.82, 2.24) is 14.3 Å². The van der Waals surface area contributed by atoms with Gasteiger partial charge in [-0.25, -0.2) is 13.8 Å². The molecular weight excluding hydrogens is 314 g/mol. The summed E-state index contributed by atoms with van der Waals surface area (Å²) in [7, 11) is -4.42. The van der Waals surface area contributed by atoms with Gasteiger partial charge < -0.3 is 10.4 Å². The number of nitrogens with one attached hydrogen (secondary N) is 2. The van der Waals surface area contributed by atoms with E-state index in [1.165, 1.54) is 4.72 Å². The minimum absolute atomic E-state index is 0.0603. The van der Waals surface area contributed by atoms with Crippen molar-refractivity contribution in [2.75, 3.05) is 6.54 Å². The Bertz CT molecular complexity index is 703. The lowest BCUT2D eigenvalue weighted by Gasteiger charge is -2.36. The highest BCUT2D eigenvalue weighted by Gasteiger charge is 2.45. The van der Waals surface area contributed by atoms with Crippen molar-refractivity contribution in [3.05, 3.63) is 35.9 Å². The molecule has 3 amide bonds. The van der Waals surface area contributed by atoms with Gasteiger partial charge >= 0.3 is 16.3 Å². The summed E-state index contributed by atoms with van der Waals surface area (Å²) < 4.78 is 24.5. The van der Waals surface area contributed by atoms with Crippen molar-refractivity contribution in [2.24, 2.45) is 0 Å². The zero-order valence-electron chi connectivity index (χ0n) is 11.2. The van der Waals surface area contributed by atoms with Gasteiger partial charge in [-0.15, -0.1) is 0 Å². The first-order valence-electron chi connectivity index (χ1n) is 6.20. The lowest BCUT2D eigenvalue weighted by Crippen LogP contribution is -2.67. The topological polar surface area (TPSA) is 133 Å². The lowest BCUT2D eigenvalue weighted by atomic mass is 10.1. The van der Waals surface area contributed by atoms with Crippen LogP contribution in [0.25, 0.3) is 0 Å². The van der Waals surface area contributed by atoms with Crippen LogP contribution in [0.1, 0.15) is 5.56 Å². The Morgan fingerprint density at radius 1 is 1.27 bits per heavy atom. The minimum Gasteiger partial charge on any atom is -0.464 e. The van der Waals surface area contributed by atoms with E-state index in [9.17, 15) is 22.8 Å². The molecular formula is C12H13N3O6S. The number of hydrogen-bond acceptors (Lipinski definition) is 5. The molecule has 0 bridgehead atoms. The molecule has 118 valence electrons. The molecule has 1 fully saturated rings. The first kappa shape index (κ1) is 15.8. The third kappa shape index (κ3) is 3.52. The van der Waals surface area contributed by atoms with Crippen LogP contribution in [0.3, 0.4) is 0 Å². The van der Waals surface area contributed by atoms with Gasteiger partial charge in [-0.05, 0) is 5.56 Å². The summed E-state index contributed by atoms with van der Waals surface area (Å²) >= 11 is 0. The normalized spacial score (nSPS) is 17.5. The number of carbonyl (C=O) groups excluding carboxylic acids is 2. The average Bonchev–Trinajstić information content (AvgIpc) is 2.42. The van der Waals surface area contributed by atoms with E-state index < -0.39 is 34.2 Å². The summed E-state index contributed by atoms with van der Waals surface area (Å²) in [5.74, 6) is -1.30. The van der Waals surface area contributed by atoms with Crippen molar-refractivity contribution in [1.29, 1.82) is 0 Å². The van der Waals surface area contributed by atoms with Crippen LogP contribution in [0.15, 0.2) is 30.3 Å². The van der Waals surface area contributed by atoms with Gasteiger partial charge in [-0.3, -0.25) is 9.59 Å². The van der Waals surface area contributed by atoms with Crippen LogP contribution in [0.5, 0.6) is 0 Å². The number of carboxylic acid groups (broad SMARTS) is 1. The van der Waals surface area contributed by atoms with E-state index in [0.29, 0.717) is 4.31 Å². The number of rotatable bonds is 5. The predicted octanol–water partition coefficient (Wildman–Crippen LogP) is -0.931. The van der Waals surface area contributed by atoms with Gasteiger partial charge in [0.2, 0.25) is 5.91 Å². The summed E-state index contributed by atoms with van der Waals surface area (Å²) in [6.45, 7) is -0.304. The van der Waals surface area contributed by atoms with E-state index >= 15 is 0 Å². The van der Waals surface area contributed by atoms with Gasteiger partial charge in [0, 0.05) is 0 Å². The standard InChI is InChI=1S/C12H13N3O6S/c16-10(6-8-4-2-1-3-5-8)13-9-7-15(11(9)17)22(20,21)14-12(18)19/h1-5,9,14H,6-7H2,(H,13,16)(H,18,19). The fourth-order valence-electron chi connectivity index (χ4n) is 1.91. The monoisotopic (exact) mass is 327 g/mol. The second-order valence-electron chi connectivity index (χ2n) is 4.56. The van der Waals surface area contributed by atoms with Crippen LogP contribution < -0.4 is 10.0 Å². The van der Waals surface area contributed by atoms with E-state index in [1.807, 2.05) is 0 Å². The Hall–Kier alpha value is -2.62. The molecule has 1 atom stereocenters. The molecule has 1 aliphatic heterocycles. The largest absolute Gasteiger partial charge is 0.464 e. The van der Waals surface area contributed by atoms with Crippen LogP contribution in [0.2, 0.25) is 0 Å². The predicted molar refractivity (Wildman–Crippen MR) is 73.9 cm³/mol. The molecule has 1 aromatic carbocycles. The van der Waals surface area contributed by atoms with E-state index in [-0.39, 0.29) is 13.0 Å². The molecule has 22 heavy (non-hydrogen) atoms. The van der Waals surface area contributed by atoms with Gasteiger partial charge in [0.25, 0.3) is 5.91 Å². The molecule has 10 heteroatoms. The molecule has 0 aliphatic carbocycles. The number of carbonyl (C=O) groups is 3. The smallest absolute Gasteiger partial charge is 0.419 e. The molecule has 2 rings (SSSR count). The van der Waals surface area contributed by atoms with Gasteiger partial charge in [-0.1, -0.05) is 30.3 Å². The average molecular weight is 327 g/mol. The summed E-state index contributed by atoms with van der Waals surface area (Å²) in [4.78, 5) is 33.8. The van der Waals surface area contributed by atoms with Crippen molar-refractivity contribution in [3.63, 3.8) is 0 Å². The Kier molecular flexibility index (Phi) is 4.31. The molecule has 9 nitrogen and oxygen atoms in total. The molecule has 0 saturated carbocycles. The molecule has 1 aliphatic rings. The maximum Gasteiger partial charge on any atom is 0.419 e. The van der Waals surface area contributed by atoms with Crippen LogP contribution in [0, 0.1) is 0 Å². The fourth-order valence-corrected chi connectivity index (χ4v) is 2.95. The van der Waals surface area contributed by atoms with Crippen LogP contribution in [-0.2, 0) is 26.2 Å². The third-order valence-electron chi connectivity index (χ3n) is 2.94. The van der Waals surface area contributed by atoms with Crippen molar-refractivity contribution < 1.29 is 27.9 Å². The highest BCUT2D eigenvalue weighted by molar-refractivity contribution is 7.88. The molecule has 1 heterocycles. The molecule has 1 unspecified atom stereocenters. The SMILES string of the molecule is O=C(O)NS(=O)(=O)N1CC(NC(=O)Cc2ccccc2)C1=O. The highest BCUT2D eigenvalue weighted by Crippen LogP contribution is 2.14. The zero-order valence-corrected chi connectivity index (χ0v) is 12.0. The van der Waals surface area contributed by atoms with Gasteiger partial charge in [0.1, 0.15) is 6.04 Å². The van der Waals surface area contributed by atoms with Crippen LogP contribution in [-0.4, -0.2) is 48.3 Å². The van der Waals surface area contributed by atoms with E-state index in [1.54, 1.807) is 30.3 Å². The first-order valence-corrected chi connectivity index (χ1v) is 7.64. The molecule has 1 saturated heterocycles. The van der Waals surface area contributed by atoms with Gasteiger partial charge in [0.15, 0.2) is 0 Å². The summed E-state index contributed by atoms with van der Waals surface area (Å²) in [5, 5.41) is 10.8. The second-order valence-corrected chi connectivity index (χ2v) is 6.16. The maximum atomic E-state index is 11.8. The molecule has 0 aromatic heterocycles. The van der Waals surface area contributed by atoms with E-state index in [2.05, 4.69) is 5.32 Å². The van der Waals surface area contributed by atoms with Gasteiger partial charge in [-0.2, -0.15) is 8.42 Å². The number of benzene rings is 1. The Labute approximate surface area is 126 Å². The molecule has 3 N–H and O–H groups in total. The van der Waals surface area contributed by atoms with Gasteiger partial charge in [0.05, 0.1) is 13.0 Å². The Balaban J connectivity index is 1.88. The van der Waals surface area contributed by atoms with Crippen LogP contribution in [0.4, 0.5) is 4.79 Å². The lowest BCUT2D eigenvalue weighted by molar-refractivity contribution is -0.140. The molecule has 0 radical (unpaired) electrons. The van der Waals surface area contributed by atoms with Crippen molar-refractivity contribution >= 4 is 28.1 Å². The number of β-lactam (4-membered cyclic amide) rings is 1. The van der Waals surface area contributed by atoms with Crippen molar-refractivity contribution in [3.8, 4) is 0 Å². The first-order chi connectivity index (χ1) is 10.3. The molecule has 1 aromatic rings. The Morgan fingerprint density at radius 3 is 2.45 bits per heavy atom. The summed E-state index contributed by atoms with van der Waals surface area (Å²) in [5.41, 5.74) is 0.754. The van der Waals surface area contributed by atoms with Crippen molar-refractivity contribution in [2.45, 2.75) is 12.5 Å². The fraction of sp³-hybridized carbons (Fsp3) is 0.250. The minimum atomic E-state index is -4.42. The van der Waals surface area contributed by atoms with E-state index in [4.69, 9.17) is 5.11 Å². The van der Waals surface area contributed by atoms with E-state index in [0.717, 1.165) is 5.56 Å². The second kappa shape index (κ2) is 6.02.